The molecule has 2 N–H and O–H groups in total. The van der Waals surface area contributed by atoms with Gasteiger partial charge in [-0.05, 0) is 45.4 Å². The summed E-state index contributed by atoms with van der Waals surface area (Å²) < 4.78 is 11.0. The van der Waals surface area contributed by atoms with Gasteiger partial charge < -0.3 is 15.2 Å². The van der Waals surface area contributed by atoms with Gasteiger partial charge in [0.15, 0.2) is 0 Å². The minimum Gasteiger partial charge on any atom is -0.491 e. The van der Waals surface area contributed by atoms with Crippen molar-refractivity contribution in [2.45, 2.75) is 45.4 Å². The van der Waals surface area contributed by atoms with Crippen LogP contribution in [0.1, 0.15) is 39.3 Å². The van der Waals surface area contributed by atoms with Crippen molar-refractivity contribution < 1.29 is 9.47 Å². The van der Waals surface area contributed by atoms with Crippen molar-refractivity contribution in [3.8, 4) is 5.75 Å². The molecule has 1 atom stereocenters. The summed E-state index contributed by atoms with van der Waals surface area (Å²) >= 11 is 0. The molecule has 0 fully saturated rings. The van der Waals surface area contributed by atoms with Crippen LogP contribution >= 0.6 is 0 Å². The summed E-state index contributed by atoms with van der Waals surface area (Å²) in [6.45, 7) is 7.98. The number of rotatable bonds is 5. The molecule has 0 aliphatic carbocycles. The quantitative estimate of drug-likeness (QED) is 0.856. The lowest BCUT2D eigenvalue weighted by Gasteiger charge is -2.30. The maximum Gasteiger partial charge on any atom is 0.119 e. The van der Waals surface area contributed by atoms with Crippen LogP contribution in [0.15, 0.2) is 24.3 Å². The minimum atomic E-state index is -0.375. The Kier molecular flexibility index (Phi) is 4.54. The molecule has 1 unspecified atom stereocenters. The van der Waals surface area contributed by atoms with Crippen molar-refractivity contribution >= 4 is 0 Å². The van der Waals surface area contributed by atoms with Crippen LogP contribution in [-0.2, 0) is 4.74 Å². The van der Waals surface area contributed by atoms with Crippen molar-refractivity contribution in [2.24, 2.45) is 5.73 Å². The first-order valence-corrected chi connectivity index (χ1v) is 5.94. The Morgan fingerprint density at radius 1 is 1.12 bits per heavy atom. The molecule has 0 heterocycles. The van der Waals surface area contributed by atoms with Gasteiger partial charge in [-0.2, -0.15) is 0 Å². The number of nitrogens with two attached hydrogens (primary N) is 1. The van der Waals surface area contributed by atoms with Crippen molar-refractivity contribution in [1.82, 2.24) is 0 Å². The molecular weight excluding hydrogens is 214 g/mol. The Morgan fingerprint density at radius 3 is 2.06 bits per heavy atom. The highest BCUT2D eigenvalue weighted by atomic mass is 16.5. The van der Waals surface area contributed by atoms with E-state index in [1.54, 1.807) is 7.11 Å². The second-order valence-corrected chi connectivity index (χ2v) is 5.02. The molecule has 17 heavy (non-hydrogen) atoms. The highest BCUT2D eigenvalue weighted by Crippen LogP contribution is 2.27. The van der Waals surface area contributed by atoms with E-state index in [2.05, 4.69) is 0 Å². The Hall–Kier alpha value is -1.06. The van der Waals surface area contributed by atoms with Gasteiger partial charge in [0, 0.05) is 7.11 Å². The van der Waals surface area contributed by atoms with Gasteiger partial charge >= 0.3 is 0 Å². The van der Waals surface area contributed by atoms with Crippen LogP contribution in [0.5, 0.6) is 5.75 Å². The van der Waals surface area contributed by atoms with Gasteiger partial charge in [-0.3, -0.25) is 0 Å². The standard InChI is InChI=1S/C14H23NO2/c1-10(2)17-12-8-6-11(7-9-12)13(15)14(3,4)16-5/h6-10,13H,15H2,1-5H3. The van der Waals surface area contributed by atoms with E-state index in [9.17, 15) is 0 Å². The molecule has 0 aliphatic heterocycles. The van der Waals surface area contributed by atoms with E-state index in [4.69, 9.17) is 15.2 Å². The van der Waals surface area contributed by atoms with Gasteiger partial charge in [-0.15, -0.1) is 0 Å². The number of ether oxygens (including phenoxy) is 2. The molecule has 0 spiro atoms. The topological polar surface area (TPSA) is 44.5 Å². The fraction of sp³-hybridized carbons (Fsp3) is 0.571. The lowest BCUT2D eigenvalue weighted by molar-refractivity contribution is -0.0000500. The molecule has 1 aromatic rings. The predicted octanol–water partition coefficient (Wildman–Crippen LogP) is 2.90. The van der Waals surface area contributed by atoms with E-state index in [-0.39, 0.29) is 17.7 Å². The molecule has 0 saturated carbocycles. The number of hydrogen-bond donors (Lipinski definition) is 1. The summed E-state index contributed by atoms with van der Waals surface area (Å²) in [6, 6.07) is 7.72. The van der Waals surface area contributed by atoms with Gasteiger partial charge in [0.25, 0.3) is 0 Å². The largest absolute Gasteiger partial charge is 0.491 e. The van der Waals surface area contributed by atoms with Crippen molar-refractivity contribution in [2.75, 3.05) is 7.11 Å². The molecule has 0 saturated heterocycles. The summed E-state index contributed by atoms with van der Waals surface area (Å²) in [6.07, 6.45) is 0.185. The summed E-state index contributed by atoms with van der Waals surface area (Å²) in [5, 5.41) is 0. The molecule has 3 nitrogen and oxygen atoms in total. The smallest absolute Gasteiger partial charge is 0.119 e. The van der Waals surface area contributed by atoms with Gasteiger partial charge in [0.05, 0.1) is 17.7 Å². The van der Waals surface area contributed by atoms with E-state index in [0.29, 0.717) is 0 Å². The van der Waals surface area contributed by atoms with E-state index >= 15 is 0 Å². The van der Waals surface area contributed by atoms with Crippen molar-refractivity contribution in [3.05, 3.63) is 29.8 Å². The highest BCUT2D eigenvalue weighted by molar-refractivity contribution is 5.30. The molecule has 0 radical (unpaired) electrons. The zero-order valence-electron chi connectivity index (χ0n) is 11.4. The maximum atomic E-state index is 6.17. The van der Waals surface area contributed by atoms with Gasteiger partial charge in [0.1, 0.15) is 5.75 Å². The SMILES string of the molecule is COC(C)(C)C(N)c1ccc(OC(C)C)cc1. The van der Waals surface area contributed by atoms with Crippen LogP contribution < -0.4 is 10.5 Å². The second kappa shape index (κ2) is 5.52. The Bertz CT molecular complexity index is 344. The third kappa shape index (κ3) is 3.72. The van der Waals surface area contributed by atoms with Crippen LogP contribution in [0.3, 0.4) is 0 Å². The van der Waals surface area contributed by atoms with E-state index in [0.717, 1.165) is 11.3 Å². The highest BCUT2D eigenvalue weighted by Gasteiger charge is 2.27. The molecule has 1 aromatic carbocycles. The lowest BCUT2D eigenvalue weighted by atomic mass is 9.92. The van der Waals surface area contributed by atoms with E-state index in [1.807, 2.05) is 52.0 Å². The van der Waals surface area contributed by atoms with E-state index in [1.165, 1.54) is 0 Å². The Balaban J connectivity index is 2.80. The predicted molar refractivity (Wildman–Crippen MR) is 70.2 cm³/mol. The molecule has 0 bridgehead atoms. The van der Waals surface area contributed by atoms with Crippen molar-refractivity contribution in [1.29, 1.82) is 0 Å². The number of hydrogen-bond acceptors (Lipinski definition) is 3. The summed E-state index contributed by atoms with van der Waals surface area (Å²) in [5.41, 5.74) is 6.84. The molecule has 0 aromatic heterocycles. The average molecular weight is 237 g/mol. The van der Waals surface area contributed by atoms with Crippen LogP contribution in [0.25, 0.3) is 0 Å². The third-order valence-corrected chi connectivity index (χ3v) is 2.89. The lowest BCUT2D eigenvalue weighted by Crippen LogP contribution is -2.37. The first-order chi connectivity index (χ1) is 7.86. The monoisotopic (exact) mass is 237 g/mol. The van der Waals surface area contributed by atoms with Crippen LogP contribution in [0, 0.1) is 0 Å². The third-order valence-electron chi connectivity index (χ3n) is 2.89. The summed E-state index contributed by atoms with van der Waals surface area (Å²) in [5.74, 6) is 0.867. The molecule has 0 aliphatic rings. The Labute approximate surface area is 104 Å². The van der Waals surface area contributed by atoms with Crippen LogP contribution in [0.4, 0.5) is 0 Å². The molecular formula is C14H23NO2. The Morgan fingerprint density at radius 2 is 1.65 bits per heavy atom. The fourth-order valence-electron chi connectivity index (χ4n) is 1.55. The van der Waals surface area contributed by atoms with Crippen molar-refractivity contribution in [3.63, 3.8) is 0 Å². The first-order valence-electron chi connectivity index (χ1n) is 5.94. The zero-order valence-corrected chi connectivity index (χ0v) is 11.4. The molecule has 1 rings (SSSR count). The molecule has 96 valence electrons. The molecule has 0 amide bonds. The first kappa shape index (κ1) is 14.0. The fourth-order valence-corrected chi connectivity index (χ4v) is 1.55. The zero-order chi connectivity index (χ0) is 13.1. The maximum absolute atomic E-state index is 6.17. The number of methoxy groups -OCH3 is 1. The minimum absolute atomic E-state index is 0.152. The number of benzene rings is 1. The molecule has 3 heteroatoms. The average Bonchev–Trinajstić information content (AvgIpc) is 2.28. The second-order valence-electron chi connectivity index (χ2n) is 5.02. The van der Waals surface area contributed by atoms with Crippen LogP contribution in [0.2, 0.25) is 0 Å². The van der Waals surface area contributed by atoms with Crippen LogP contribution in [-0.4, -0.2) is 18.8 Å². The van der Waals surface area contributed by atoms with Gasteiger partial charge in [0.2, 0.25) is 0 Å². The van der Waals surface area contributed by atoms with E-state index < -0.39 is 0 Å². The summed E-state index contributed by atoms with van der Waals surface area (Å²) in [7, 11) is 1.68. The normalized spacial score (nSPS) is 13.8. The summed E-state index contributed by atoms with van der Waals surface area (Å²) in [4.78, 5) is 0. The van der Waals surface area contributed by atoms with Gasteiger partial charge in [-0.1, -0.05) is 12.1 Å². The van der Waals surface area contributed by atoms with Gasteiger partial charge in [-0.25, -0.2) is 0 Å².